The Morgan fingerprint density at radius 3 is 2.74 bits per heavy atom. The van der Waals surface area contributed by atoms with Crippen molar-refractivity contribution in [1.82, 2.24) is 14.7 Å². The summed E-state index contributed by atoms with van der Waals surface area (Å²) in [6, 6.07) is 0.174. The molecule has 0 aliphatic heterocycles. The zero-order valence-corrected chi connectivity index (χ0v) is 12.1. The van der Waals surface area contributed by atoms with Gasteiger partial charge in [-0.2, -0.15) is 5.10 Å². The van der Waals surface area contributed by atoms with Crippen LogP contribution in [0.25, 0.3) is 0 Å². The minimum absolute atomic E-state index is 0.174. The predicted octanol–water partition coefficient (Wildman–Crippen LogP) is 0.924. The van der Waals surface area contributed by atoms with E-state index in [1.165, 1.54) is 6.20 Å². The van der Waals surface area contributed by atoms with Crippen molar-refractivity contribution in [3.8, 4) is 0 Å². The lowest BCUT2D eigenvalue weighted by atomic mass is 10.0. The topological polar surface area (TPSA) is 84.4 Å². The molecule has 1 atom stereocenters. The maximum atomic E-state index is 11.1. The van der Waals surface area contributed by atoms with E-state index in [1.807, 2.05) is 7.05 Å². The van der Waals surface area contributed by atoms with Gasteiger partial charge in [-0.1, -0.05) is 13.8 Å². The van der Waals surface area contributed by atoms with Crippen molar-refractivity contribution in [2.45, 2.75) is 32.9 Å². The summed E-state index contributed by atoms with van der Waals surface area (Å²) in [6.07, 6.45) is 2.29. The number of hydrogen-bond acceptors (Lipinski definition) is 4. The van der Waals surface area contributed by atoms with Gasteiger partial charge in [-0.25, -0.2) is 4.79 Å². The van der Waals surface area contributed by atoms with E-state index in [1.54, 1.807) is 11.7 Å². The standard InChI is InChI=1S/C13H24N4O2/c1-9(2)11(14)5-6-16(3)8-12-10(13(18)19)7-15-17(12)4/h7,9,11H,5-6,8,14H2,1-4H3,(H,18,19). The molecule has 3 N–H and O–H groups in total. The van der Waals surface area contributed by atoms with Gasteiger partial charge < -0.3 is 15.7 Å². The number of carboxylic acid groups (broad SMARTS) is 1. The van der Waals surface area contributed by atoms with Crippen molar-refractivity contribution in [1.29, 1.82) is 0 Å². The van der Waals surface area contributed by atoms with Crippen molar-refractivity contribution >= 4 is 5.97 Å². The van der Waals surface area contributed by atoms with E-state index in [9.17, 15) is 4.79 Å². The molecule has 1 unspecified atom stereocenters. The molecule has 0 amide bonds. The third kappa shape index (κ3) is 4.33. The third-order valence-corrected chi connectivity index (χ3v) is 3.41. The molecule has 6 nitrogen and oxygen atoms in total. The second-order valence-electron chi connectivity index (χ2n) is 5.37. The van der Waals surface area contributed by atoms with Crippen molar-refractivity contribution in [2.75, 3.05) is 13.6 Å². The molecule has 0 radical (unpaired) electrons. The number of aryl methyl sites for hydroxylation is 1. The fraction of sp³-hybridized carbons (Fsp3) is 0.692. The molecule has 1 aromatic rings. The second-order valence-corrected chi connectivity index (χ2v) is 5.37. The highest BCUT2D eigenvalue weighted by Crippen LogP contribution is 2.11. The Balaban J connectivity index is 2.60. The van der Waals surface area contributed by atoms with Crippen LogP contribution >= 0.6 is 0 Å². The SMILES string of the molecule is CC(C)C(N)CCN(C)Cc1c(C(=O)O)cnn1C. The molecule has 0 saturated carbocycles. The summed E-state index contributed by atoms with van der Waals surface area (Å²) in [7, 11) is 3.72. The molecule has 0 spiro atoms. The molecule has 108 valence electrons. The molecule has 1 rings (SSSR count). The van der Waals surface area contributed by atoms with Crippen LogP contribution in [0.3, 0.4) is 0 Å². The zero-order valence-electron chi connectivity index (χ0n) is 12.1. The van der Waals surface area contributed by atoms with E-state index >= 15 is 0 Å². The van der Waals surface area contributed by atoms with Gasteiger partial charge in [-0.3, -0.25) is 4.68 Å². The Hall–Kier alpha value is -1.40. The van der Waals surface area contributed by atoms with E-state index in [4.69, 9.17) is 10.8 Å². The van der Waals surface area contributed by atoms with Gasteiger partial charge in [0.05, 0.1) is 11.9 Å². The molecule has 19 heavy (non-hydrogen) atoms. The highest BCUT2D eigenvalue weighted by atomic mass is 16.4. The number of nitrogens with zero attached hydrogens (tertiary/aromatic N) is 3. The Kier molecular flexibility index (Phi) is 5.50. The molecular weight excluding hydrogens is 244 g/mol. The highest BCUT2D eigenvalue weighted by Gasteiger charge is 2.17. The molecule has 6 heteroatoms. The summed E-state index contributed by atoms with van der Waals surface area (Å²) < 4.78 is 1.61. The van der Waals surface area contributed by atoms with Crippen LogP contribution in [0.1, 0.15) is 36.3 Å². The largest absolute Gasteiger partial charge is 0.478 e. The van der Waals surface area contributed by atoms with E-state index in [0.29, 0.717) is 18.2 Å². The molecule has 0 aliphatic carbocycles. The van der Waals surface area contributed by atoms with Crippen LogP contribution in [0.4, 0.5) is 0 Å². The molecule has 1 aromatic heterocycles. The fourth-order valence-electron chi connectivity index (χ4n) is 1.87. The quantitative estimate of drug-likeness (QED) is 0.768. The average Bonchev–Trinajstić information content (AvgIpc) is 2.68. The number of carbonyl (C=O) groups is 1. The summed E-state index contributed by atoms with van der Waals surface area (Å²) in [5.74, 6) is -0.477. The predicted molar refractivity (Wildman–Crippen MR) is 73.9 cm³/mol. The first kappa shape index (κ1) is 15.7. The number of aromatic nitrogens is 2. The highest BCUT2D eigenvalue weighted by molar-refractivity contribution is 5.88. The van der Waals surface area contributed by atoms with Crippen LogP contribution in [-0.2, 0) is 13.6 Å². The fourth-order valence-corrected chi connectivity index (χ4v) is 1.87. The van der Waals surface area contributed by atoms with Crippen LogP contribution < -0.4 is 5.73 Å². The Morgan fingerprint density at radius 1 is 1.58 bits per heavy atom. The van der Waals surface area contributed by atoms with Crippen molar-refractivity contribution in [3.05, 3.63) is 17.5 Å². The van der Waals surface area contributed by atoms with Crippen molar-refractivity contribution in [2.24, 2.45) is 18.7 Å². The molecule has 0 aromatic carbocycles. The van der Waals surface area contributed by atoms with Gasteiger partial charge >= 0.3 is 5.97 Å². The summed E-state index contributed by atoms with van der Waals surface area (Å²) in [5, 5.41) is 13.1. The first-order chi connectivity index (χ1) is 8.82. The molecular formula is C13H24N4O2. The monoisotopic (exact) mass is 268 g/mol. The summed E-state index contributed by atoms with van der Waals surface area (Å²) in [4.78, 5) is 13.2. The van der Waals surface area contributed by atoms with Gasteiger partial charge in [-0.15, -0.1) is 0 Å². The first-order valence-corrected chi connectivity index (χ1v) is 6.51. The van der Waals surface area contributed by atoms with E-state index in [2.05, 4.69) is 23.8 Å². The van der Waals surface area contributed by atoms with Gasteiger partial charge in [0.15, 0.2) is 0 Å². The van der Waals surface area contributed by atoms with Crippen molar-refractivity contribution < 1.29 is 9.90 Å². The summed E-state index contributed by atoms with van der Waals surface area (Å²) in [6.45, 7) is 5.61. The lowest BCUT2D eigenvalue weighted by Crippen LogP contribution is -2.32. The minimum Gasteiger partial charge on any atom is -0.478 e. The molecule has 1 heterocycles. The number of nitrogens with two attached hydrogens (primary N) is 1. The van der Waals surface area contributed by atoms with Crippen LogP contribution in [0.5, 0.6) is 0 Å². The zero-order chi connectivity index (χ0) is 14.6. The maximum absolute atomic E-state index is 11.1. The average molecular weight is 268 g/mol. The summed E-state index contributed by atoms with van der Waals surface area (Å²) in [5.41, 5.74) is 6.99. The molecule has 0 fully saturated rings. The number of carboxylic acids is 1. The number of aromatic carboxylic acids is 1. The first-order valence-electron chi connectivity index (χ1n) is 6.51. The van der Waals surface area contributed by atoms with Gasteiger partial charge in [-0.05, 0) is 25.9 Å². The van der Waals surface area contributed by atoms with E-state index in [0.717, 1.165) is 13.0 Å². The Labute approximate surface area is 114 Å². The van der Waals surface area contributed by atoms with Gasteiger partial charge in [0.2, 0.25) is 0 Å². The van der Waals surface area contributed by atoms with Gasteiger partial charge in [0, 0.05) is 19.6 Å². The van der Waals surface area contributed by atoms with Gasteiger partial charge in [0.1, 0.15) is 5.56 Å². The van der Waals surface area contributed by atoms with E-state index < -0.39 is 5.97 Å². The minimum atomic E-state index is -0.935. The third-order valence-electron chi connectivity index (χ3n) is 3.41. The molecule has 0 saturated heterocycles. The lowest BCUT2D eigenvalue weighted by molar-refractivity contribution is 0.0694. The van der Waals surface area contributed by atoms with Crippen LogP contribution in [0.15, 0.2) is 6.20 Å². The van der Waals surface area contributed by atoms with Gasteiger partial charge in [0.25, 0.3) is 0 Å². The summed E-state index contributed by atoms with van der Waals surface area (Å²) >= 11 is 0. The van der Waals surface area contributed by atoms with Crippen LogP contribution in [0.2, 0.25) is 0 Å². The van der Waals surface area contributed by atoms with Crippen molar-refractivity contribution in [3.63, 3.8) is 0 Å². The molecule has 0 bridgehead atoms. The Morgan fingerprint density at radius 2 is 2.21 bits per heavy atom. The second kappa shape index (κ2) is 6.68. The Bertz CT molecular complexity index is 428. The van der Waals surface area contributed by atoms with Crippen LogP contribution in [-0.4, -0.2) is 45.4 Å². The lowest BCUT2D eigenvalue weighted by Gasteiger charge is -2.21. The van der Waals surface area contributed by atoms with Crippen LogP contribution in [0, 0.1) is 5.92 Å². The normalized spacial score (nSPS) is 13.2. The smallest absolute Gasteiger partial charge is 0.339 e. The molecule has 0 aliphatic rings. The maximum Gasteiger partial charge on any atom is 0.339 e. The van der Waals surface area contributed by atoms with E-state index in [-0.39, 0.29) is 11.6 Å². The number of rotatable bonds is 7. The number of hydrogen-bond donors (Lipinski definition) is 2.